The van der Waals surface area contributed by atoms with Crippen LogP contribution in [0.15, 0.2) is 125 Å². The molecule has 0 saturated heterocycles. The minimum absolute atomic E-state index is 0.124. The standard InChI is InChI=1S/C32H25N3O3S2/c36-30(34-28-17-6-12-22-9-4-5-16-27(22)28)21-40-25-14-7-13-24(19-25)33-32(38)29(20-26-15-8-18-39-26)35-31(37)23-10-2-1-3-11-23/h1-20H,21H2,(H,33,38)(H,34,36)(H,35,37)/b29-20-. The summed E-state index contributed by atoms with van der Waals surface area (Å²) in [6.07, 6.45) is 1.65. The van der Waals surface area contributed by atoms with Crippen molar-refractivity contribution in [1.29, 1.82) is 0 Å². The number of thiophene rings is 1. The van der Waals surface area contributed by atoms with Gasteiger partial charge in [-0.15, -0.1) is 23.1 Å². The van der Waals surface area contributed by atoms with Crippen LogP contribution in [0, 0.1) is 0 Å². The quantitative estimate of drug-likeness (QED) is 0.133. The normalized spacial score (nSPS) is 11.2. The zero-order chi connectivity index (χ0) is 27.7. The number of amides is 3. The second-order valence-electron chi connectivity index (χ2n) is 8.74. The fraction of sp³-hybridized carbons (Fsp3) is 0.0312. The summed E-state index contributed by atoms with van der Waals surface area (Å²) in [6, 6.07) is 33.4. The smallest absolute Gasteiger partial charge is 0.272 e. The molecule has 6 nitrogen and oxygen atoms in total. The number of carbonyl (C=O) groups excluding carboxylic acids is 3. The van der Waals surface area contributed by atoms with E-state index < -0.39 is 5.91 Å². The molecule has 198 valence electrons. The maximum Gasteiger partial charge on any atom is 0.272 e. The van der Waals surface area contributed by atoms with Crippen molar-refractivity contribution in [1.82, 2.24) is 5.32 Å². The third-order valence-corrected chi connectivity index (χ3v) is 7.70. The van der Waals surface area contributed by atoms with Crippen LogP contribution in [0.1, 0.15) is 15.2 Å². The molecular formula is C32H25N3O3S2. The lowest BCUT2D eigenvalue weighted by Crippen LogP contribution is -2.30. The van der Waals surface area contributed by atoms with Gasteiger partial charge >= 0.3 is 0 Å². The largest absolute Gasteiger partial charge is 0.325 e. The van der Waals surface area contributed by atoms with E-state index in [-0.39, 0.29) is 23.3 Å². The molecule has 0 aliphatic heterocycles. The van der Waals surface area contributed by atoms with E-state index in [9.17, 15) is 14.4 Å². The predicted octanol–water partition coefficient (Wildman–Crippen LogP) is 7.04. The molecule has 0 bridgehead atoms. The second-order valence-corrected chi connectivity index (χ2v) is 10.8. The number of hydrogen-bond donors (Lipinski definition) is 3. The fourth-order valence-electron chi connectivity index (χ4n) is 3.99. The summed E-state index contributed by atoms with van der Waals surface area (Å²) in [5.74, 6) is -0.744. The van der Waals surface area contributed by atoms with Gasteiger partial charge in [0.15, 0.2) is 0 Å². The first-order chi connectivity index (χ1) is 19.5. The van der Waals surface area contributed by atoms with Gasteiger partial charge in [-0.2, -0.15) is 0 Å². The highest BCUT2D eigenvalue weighted by atomic mass is 32.2. The molecule has 5 rings (SSSR count). The van der Waals surface area contributed by atoms with E-state index in [0.717, 1.165) is 26.2 Å². The van der Waals surface area contributed by atoms with Crippen LogP contribution >= 0.6 is 23.1 Å². The van der Waals surface area contributed by atoms with Crippen LogP contribution < -0.4 is 16.0 Å². The summed E-state index contributed by atoms with van der Waals surface area (Å²) in [5.41, 5.74) is 1.90. The molecule has 0 atom stereocenters. The summed E-state index contributed by atoms with van der Waals surface area (Å²) in [4.78, 5) is 40.4. The molecule has 1 aromatic heterocycles. The molecule has 5 aromatic rings. The van der Waals surface area contributed by atoms with Crippen molar-refractivity contribution in [3.8, 4) is 0 Å². The third kappa shape index (κ3) is 7.05. The molecule has 40 heavy (non-hydrogen) atoms. The van der Waals surface area contributed by atoms with Crippen LogP contribution in [-0.4, -0.2) is 23.5 Å². The molecule has 3 N–H and O–H groups in total. The summed E-state index contributed by atoms with van der Waals surface area (Å²) in [7, 11) is 0. The Kier molecular flexibility index (Phi) is 8.70. The summed E-state index contributed by atoms with van der Waals surface area (Å²) < 4.78 is 0. The van der Waals surface area contributed by atoms with Crippen molar-refractivity contribution in [2.24, 2.45) is 0 Å². The summed E-state index contributed by atoms with van der Waals surface area (Å²) in [6.45, 7) is 0. The van der Waals surface area contributed by atoms with Crippen LogP contribution in [0.5, 0.6) is 0 Å². The highest BCUT2D eigenvalue weighted by molar-refractivity contribution is 8.00. The molecule has 0 radical (unpaired) electrons. The Morgan fingerprint density at radius 3 is 2.38 bits per heavy atom. The van der Waals surface area contributed by atoms with Crippen LogP contribution in [0.3, 0.4) is 0 Å². The number of fused-ring (bicyclic) bond motifs is 1. The molecule has 0 aliphatic rings. The molecule has 0 saturated carbocycles. The van der Waals surface area contributed by atoms with Gasteiger partial charge in [-0.3, -0.25) is 14.4 Å². The van der Waals surface area contributed by atoms with Gasteiger partial charge in [-0.05, 0) is 59.3 Å². The SMILES string of the molecule is O=C(CSc1cccc(NC(=O)/C(=C/c2cccs2)NC(=O)c2ccccc2)c1)Nc1cccc2ccccc12. The lowest BCUT2D eigenvalue weighted by Gasteiger charge is -2.12. The number of rotatable bonds is 9. The number of nitrogens with one attached hydrogen (secondary N) is 3. The molecule has 3 amide bonds. The van der Waals surface area contributed by atoms with E-state index in [1.54, 1.807) is 42.5 Å². The highest BCUT2D eigenvalue weighted by Gasteiger charge is 2.16. The zero-order valence-corrected chi connectivity index (χ0v) is 22.9. The molecule has 0 spiro atoms. The molecular weight excluding hydrogens is 539 g/mol. The van der Waals surface area contributed by atoms with E-state index in [0.29, 0.717) is 11.3 Å². The van der Waals surface area contributed by atoms with Crippen molar-refractivity contribution in [2.75, 3.05) is 16.4 Å². The molecule has 0 fully saturated rings. The molecule has 8 heteroatoms. The van der Waals surface area contributed by atoms with Crippen molar-refractivity contribution in [3.63, 3.8) is 0 Å². The van der Waals surface area contributed by atoms with Crippen molar-refractivity contribution in [3.05, 3.63) is 131 Å². The molecule has 0 aliphatic carbocycles. The van der Waals surface area contributed by atoms with Gasteiger partial charge in [-0.1, -0.05) is 66.7 Å². The molecule has 1 heterocycles. The maximum atomic E-state index is 13.2. The third-order valence-electron chi connectivity index (χ3n) is 5.88. The Bertz CT molecular complexity index is 1680. The minimum Gasteiger partial charge on any atom is -0.325 e. The Morgan fingerprint density at radius 2 is 1.55 bits per heavy atom. The Morgan fingerprint density at radius 1 is 0.775 bits per heavy atom. The van der Waals surface area contributed by atoms with E-state index in [1.807, 2.05) is 78.2 Å². The zero-order valence-electron chi connectivity index (χ0n) is 21.3. The summed E-state index contributed by atoms with van der Waals surface area (Å²) in [5, 5.41) is 12.5. The van der Waals surface area contributed by atoms with Crippen LogP contribution in [-0.2, 0) is 9.59 Å². The van der Waals surface area contributed by atoms with Crippen LogP contribution in [0.4, 0.5) is 11.4 Å². The Balaban J connectivity index is 1.24. The van der Waals surface area contributed by atoms with E-state index >= 15 is 0 Å². The van der Waals surface area contributed by atoms with Gasteiger partial charge in [0.1, 0.15) is 5.70 Å². The first-order valence-corrected chi connectivity index (χ1v) is 14.3. The number of carbonyl (C=O) groups is 3. The number of thioether (sulfide) groups is 1. The average molecular weight is 564 g/mol. The lowest BCUT2D eigenvalue weighted by atomic mass is 10.1. The second kappa shape index (κ2) is 12.9. The van der Waals surface area contributed by atoms with Crippen LogP contribution in [0.2, 0.25) is 0 Å². The van der Waals surface area contributed by atoms with E-state index in [1.165, 1.54) is 23.1 Å². The average Bonchev–Trinajstić information content (AvgIpc) is 3.50. The van der Waals surface area contributed by atoms with Gasteiger partial charge < -0.3 is 16.0 Å². The van der Waals surface area contributed by atoms with Crippen LogP contribution in [0.25, 0.3) is 16.8 Å². The Hall–Kier alpha value is -4.66. The topological polar surface area (TPSA) is 87.3 Å². The summed E-state index contributed by atoms with van der Waals surface area (Å²) >= 11 is 2.83. The van der Waals surface area contributed by atoms with Gasteiger partial charge in [0.2, 0.25) is 5.91 Å². The predicted molar refractivity (Wildman–Crippen MR) is 165 cm³/mol. The molecule has 4 aromatic carbocycles. The number of hydrogen-bond acceptors (Lipinski definition) is 5. The minimum atomic E-state index is -0.450. The van der Waals surface area contributed by atoms with Crippen molar-refractivity contribution >= 4 is 69.0 Å². The van der Waals surface area contributed by atoms with Gasteiger partial charge in [0.05, 0.1) is 5.75 Å². The monoisotopic (exact) mass is 563 g/mol. The first kappa shape index (κ1) is 26.9. The highest BCUT2D eigenvalue weighted by Crippen LogP contribution is 2.25. The Labute approximate surface area is 240 Å². The number of anilines is 2. The van der Waals surface area contributed by atoms with E-state index in [4.69, 9.17) is 0 Å². The van der Waals surface area contributed by atoms with Crippen molar-refractivity contribution < 1.29 is 14.4 Å². The van der Waals surface area contributed by atoms with E-state index in [2.05, 4.69) is 16.0 Å². The lowest BCUT2D eigenvalue weighted by molar-refractivity contribution is -0.114. The molecule has 0 unspecified atom stereocenters. The maximum absolute atomic E-state index is 13.2. The van der Waals surface area contributed by atoms with Gasteiger partial charge in [0.25, 0.3) is 11.8 Å². The van der Waals surface area contributed by atoms with Crippen molar-refractivity contribution in [2.45, 2.75) is 4.90 Å². The first-order valence-electron chi connectivity index (χ1n) is 12.5. The fourth-order valence-corrected chi connectivity index (χ4v) is 5.40. The van der Waals surface area contributed by atoms with Gasteiger partial charge in [-0.25, -0.2) is 0 Å². The van der Waals surface area contributed by atoms with Gasteiger partial charge in [0, 0.05) is 32.1 Å². The number of benzene rings is 4.